The Labute approximate surface area is 98.9 Å². The van der Waals surface area contributed by atoms with Crippen LogP contribution >= 0.6 is 0 Å². The molecule has 0 saturated carbocycles. The van der Waals surface area contributed by atoms with E-state index in [9.17, 15) is 4.39 Å². The summed E-state index contributed by atoms with van der Waals surface area (Å²) in [4.78, 5) is 0. The summed E-state index contributed by atoms with van der Waals surface area (Å²) in [7, 11) is 0. The van der Waals surface area contributed by atoms with E-state index in [4.69, 9.17) is 5.26 Å². The zero-order valence-electron chi connectivity index (χ0n) is 9.23. The van der Waals surface area contributed by atoms with Gasteiger partial charge in [-0.15, -0.1) is 0 Å². The average molecular weight is 226 g/mol. The maximum atomic E-state index is 13.1. The van der Waals surface area contributed by atoms with Crippen molar-refractivity contribution >= 4 is 0 Å². The molecule has 1 aromatic heterocycles. The second kappa shape index (κ2) is 3.74. The Morgan fingerprint density at radius 1 is 1.35 bits per heavy atom. The van der Waals surface area contributed by atoms with Crippen LogP contribution in [0.3, 0.4) is 0 Å². The SMILES string of the molecule is N#Cc1cc(F)ccc1C1CCc2cccn21. The quantitative estimate of drug-likeness (QED) is 0.734. The molecule has 84 valence electrons. The monoisotopic (exact) mass is 226 g/mol. The number of nitrogens with zero attached hydrogens (tertiary/aromatic N) is 2. The van der Waals surface area contributed by atoms with Gasteiger partial charge in [0.15, 0.2) is 0 Å². The van der Waals surface area contributed by atoms with Crippen molar-refractivity contribution < 1.29 is 4.39 Å². The summed E-state index contributed by atoms with van der Waals surface area (Å²) in [6, 6.07) is 10.8. The standard InChI is InChI=1S/C14H11FN2/c15-11-3-5-13(10(8-11)9-16)14-6-4-12-2-1-7-17(12)14/h1-3,5,7-8,14H,4,6H2. The van der Waals surface area contributed by atoms with E-state index in [-0.39, 0.29) is 11.9 Å². The lowest BCUT2D eigenvalue weighted by molar-refractivity contribution is 0.605. The van der Waals surface area contributed by atoms with Crippen LogP contribution in [0.4, 0.5) is 4.39 Å². The van der Waals surface area contributed by atoms with Crippen LogP contribution in [0.5, 0.6) is 0 Å². The van der Waals surface area contributed by atoms with Gasteiger partial charge in [-0.1, -0.05) is 6.07 Å². The molecule has 17 heavy (non-hydrogen) atoms. The van der Waals surface area contributed by atoms with Crippen molar-refractivity contribution in [3.05, 3.63) is 59.2 Å². The van der Waals surface area contributed by atoms with Gasteiger partial charge in [-0.25, -0.2) is 4.39 Å². The predicted molar refractivity (Wildman–Crippen MR) is 62.0 cm³/mol. The summed E-state index contributed by atoms with van der Waals surface area (Å²) in [5.74, 6) is -0.351. The number of fused-ring (bicyclic) bond motifs is 1. The Bertz CT molecular complexity index is 607. The Morgan fingerprint density at radius 3 is 3.06 bits per heavy atom. The van der Waals surface area contributed by atoms with Gasteiger partial charge in [0, 0.05) is 11.9 Å². The molecule has 0 fully saturated rings. The van der Waals surface area contributed by atoms with Crippen molar-refractivity contribution in [3.63, 3.8) is 0 Å². The number of rotatable bonds is 1. The molecule has 0 radical (unpaired) electrons. The number of hydrogen-bond acceptors (Lipinski definition) is 1. The molecule has 3 heteroatoms. The first-order valence-corrected chi connectivity index (χ1v) is 5.65. The van der Waals surface area contributed by atoms with Crippen molar-refractivity contribution in [2.45, 2.75) is 18.9 Å². The molecule has 1 unspecified atom stereocenters. The van der Waals surface area contributed by atoms with Crippen molar-refractivity contribution in [3.8, 4) is 6.07 Å². The predicted octanol–water partition coefficient (Wildman–Crippen LogP) is 3.03. The average Bonchev–Trinajstić information content (AvgIpc) is 2.91. The van der Waals surface area contributed by atoms with Crippen LogP contribution in [0.2, 0.25) is 0 Å². The molecule has 1 aliphatic heterocycles. The highest BCUT2D eigenvalue weighted by Crippen LogP contribution is 2.33. The lowest BCUT2D eigenvalue weighted by Crippen LogP contribution is -2.06. The maximum absolute atomic E-state index is 13.1. The van der Waals surface area contributed by atoms with Gasteiger partial charge in [0.25, 0.3) is 0 Å². The van der Waals surface area contributed by atoms with Gasteiger partial charge in [-0.05, 0) is 42.7 Å². The first kappa shape index (κ1) is 10.1. The first-order valence-electron chi connectivity index (χ1n) is 5.65. The van der Waals surface area contributed by atoms with Gasteiger partial charge >= 0.3 is 0 Å². The van der Waals surface area contributed by atoms with E-state index < -0.39 is 0 Å². The molecular formula is C14H11FN2. The molecular weight excluding hydrogens is 215 g/mol. The van der Waals surface area contributed by atoms with Gasteiger partial charge in [0.05, 0.1) is 17.7 Å². The van der Waals surface area contributed by atoms with E-state index in [1.165, 1.54) is 17.8 Å². The Morgan fingerprint density at radius 2 is 2.24 bits per heavy atom. The summed E-state index contributed by atoms with van der Waals surface area (Å²) in [6.07, 6.45) is 4.02. The number of hydrogen-bond donors (Lipinski definition) is 0. The van der Waals surface area contributed by atoms with E-state index >= 15 is 0 Å². The molecule has 0 saturated heterocycles. The Kier molecular flexibility index (Phi) is 2.22. The van der Waals surface area contributed by atoms with Crippen LogP contribution in [-0.2, 0) is 6.42 Å². The normalized spacial score (nSPS) is 17.8. The molecule has 1 atom stereocenters. The summed E-state index contributed by atoms with van der Waals surface area (Å²) in [5, 5.41) is 9.08. The Balaban J connectivity index is 2.10. The fourth-order valence-corrected chi connectivity index (χ4v) is 2.59. The third-order valence-electron chi connectivity index (χ3n) is 3.37. The van der Waals surface area contributed by atoms with E-state index in [0.29, 0.717) is 5.56 Å². The number of nitriles is 1. The van der Waals surface area contributed by atoms with Crippen LogP contribution < -0.4 is 0 Å². The molecule has 2 heterocycles. The summed E-state index contributed by atoms with van der Waals surface area (Å²) < 4.78 is 15.3. The third kappa shape index (κ3) is 1.53. The van der Waals surface area contributed by atoms with Crippen LogP contribution in [0, 0.1) is 17.1 Å². The first-order chi connectivity index (χ1) is 8.29. The summed E-state index contributed by atoms with van der Waals surface area (Å²) >= 11 is 0. The lowest BCUT2D eigenvalue weighted by atomic mass is 9.99. The minimum atomic E-state index is -0.351. The van der Waals surface area contributed by atoms with Gasteiger partial charge < -0.3 is 4.57 Å². The Hall–Kier alpha value is -2.08. The van der Waals surface area contributed by atoms with E-state index in [0.717, 1.165) is 18.4 Å². The van der Waals surface area contributed by atoms with Gasteiger partial charge in [-0.2, -0.15) is 5.26 Å². The highest BCUT2D eigenvalue weighted by atomic mass is 19.1. The smallest absolute Gasteiger partial charge is 0.124 e. The molecule has 2 aromatic rings. The molecule has 0 bridgehead atoms. The fraction of sp³-hybridized carbons (Fsp3) is 0.214. The van der Waals surface area contributed by atoms with Crippen LogP contribution in [0.25, 0.3) is 0 Å². The summed E-state index contributed by atoms with van der Waals surface area (Å²) in [6.45, 7) is 0. The third-order valence-corrected chi connectivity index (χ3v) is 3.37. The number of halogens is 1. The van der Waals surface area contributed by atoms with Crippen molar-refractivity contribution in [1.29, 1.82) is 5.26 Å². The molecule has 0 N–H and O–H groups in total. The van der Waals surface area contributed by atoms with Crippen LogP contribution in [0.15, 0.2) is 36.5 Å². The number of aromatic nitrogens is 1. The molecule has 3 rings (SSSR count). The van der Waals surface area contributed by atoms with Gasteiger partial charge in [0.1, 0.15) is 5.82 Å². The second-order valence-electron chi connectivity index (χ2n) is 4.30. The largest absolute Gasteiger partial charge is 0.344 e. The van der Waals surface area contributed by atoms with Crippen molar-refractivity contribution in [2.75, 3.05) is 0 Å². The molecule has 1 aromatic carbocycles. The second-order valence-corrected chi connectivity index (χ2v) is 4.30. The number of benzene rings is 1. The minimum Gasteiger partial charge on any atom is -0.344 e. The topological polar surface area (TPSA) is 28.7 Å². The highest BCUT2D eigenvalue weighted by Gasteiger charge is 2.24. The van der Waals surface area contributed by atoms with Crippen molar-refractivity contribution in [2.24, 2.45) is 0 Å². The molecule has 2 nitrogen and oxygen atoms in total. The minimum absolute atomic E-state index is 0.176. The van der Waals surface area contributed by atoms with E-state index in [1.807, 2.05) is 12.3 Å². The van der Waals surface area contributed by atoms with Gasteiger partial charge in [0.2, 0.25) is 0 Å². The van der Waals surface area contributed by atoms with Crippen LogP contribution in [-0.4, -0.2) is 4.57 Å². The number of aryl methyl sites for hydroxylation is 1. The summed E-state index contributed by atoms with van der Waals surface area (Å²) in [5.41, 5.74) is 2.64. The molecule has 0 spiro atoms. The molecule has 1 aliphatic rings. The zero-order chi connectivity index (χ0) is 11.8. The fourth-order valence-electron chi connectivity index (χ4n) is 2.59. The highest BCUT2D eigenvalue weighted by molar-refractivity contribution is 5.41. The molecule has 0 aliphatic carbocycles. The zero-order valence-corrected chi connectivity index (χ0v) is 9.23. The maximum Gasteiger partial charge on any atom is 0.124 e. The van der Waals surface area contributed by atoms with Crippen molar-refractivity contribution in [1.82, 2.24) is 4.57 Å². The molecule has 0 amide bonds. The van der Waals surface area contributed by atoms with Gasteiger partial charge in [-0.3, -0.25) is 0 Å². The lowest BCUT2D eigenvalue weighted by Gasteiger charge is -2.15. The van der Waals surface area contributed by atoms with E-state index in [2.05, 4.69) is 16.7 Å². The van der Waals surface area contributed by atoms with Crippen LogP contribution in [0.1, 0.15) is 29.3 Å². The van der Waals surface area contributed by atoms with E-state index in [1.54, 1.807) is 6.07 Å².